The Morgan fingerprint density at radius 2 is 1.58 bits per heavy atom. The summed E-state index contributed by atoms with van der Waals surface area (Å²) in [5.74, 6) is -0.149. The van der Waals surface area contributed by atoms with Crippen LogP contribution in [0.5, 0.6) is 5.75 Å². The molecule has 0 spiro atoms. The van der Waals surface area contributed by atoms with Crippen LogP contribution in [0.25, 0.3) is 22.5 Å². The molecule has 2 N–H and O–H groups in total. The van der Waals surface area contributed by atoms with Gasteiger partial charge in [0.25, 0.3) is 0 Å². The second-order valence-electron chi connectivity index (χ2n) is 6.86. The van der Waals surface area contributed by atoms with Crippen molar-refractivity contribution < 1.29 is 14.3 Å². The summed E-state index contributed by atoms with van der Waals surface area (Å²) >= 11 is 3.38. The van der Waals surface area contributed by atoms with Crippen molar-refractivity contribution in [3.8, 4) is 28.3 Å². The fourth-order valence-electron chi connectivity index (χ4n) is 3.02. The molecule has 1 aromatic heterocycles. The number of rotatable bonds is 5. The average Bonchev–Trinajstić information content (AvgIpc) is 2.77. The smallest absolute Gasteiger partial charge is 0.230 e. The Bertz CT molecular complexity index is 1210. The lowest BCUT2D eigenvalue weighted by Gasteiger charge is -2.12. The van der Waals surface area contributed by atoms with Gasteiger partial charge in [-0.3, -0.25) is 4.79 Å². The number of phenolic OH excluding ortho intramolecular Hbond substituents is 1. The second kappa shape index (κ2) is 9.06. The number of nitrogens with one attached hydrogen (secondary N) is 1. The molecule has 1 heterocycles. The van der Waals surface area contributed by atoms with Crippen molar-refractivity contribution in [1.29, 1.82) is 0 Å². The highest BCUT2D eigenvalue weighted by Gasteiger charge is 2.15. The molecule has 0 saturated carbocycles. The van der Waals surface area contributed by atoms with Gasteiger partial charge in [-0.1, -0.05) is 28.1 Å². The molecule has 4 rings (SSSR count). The van der Waals surface area contributed by atoms with Crippen LogP contribution in [-0.2, 0) is 11.2 Å². The highest BCUT2D eigenvalue weighted by molar-refractivity contribution is 9.10. The van der Waals surface area contributed by atoms with Crippen molar-refractivity contribution in [1.82, 2.24) is 9.97 Å². The first-order chi connectivity index (χ1) is 15.0. The predicted molar refractivity (Wildman–Crippen MR) is 121 cm³/mol. The van der Waals surface area contributed by atoms with Crippen LogP contribution in [0.2, 0.25) is 0 Å². The van der Waals surface area contributed by atoms with Crippen molar-refractivity contribution in [3.05, 3.63) is 94.8 Å². The van der Waals surface area contributed by atoms with E-state index in [1.165, 1.54) is 30.5 Å². The number of benzene rings is 3. The van der Waals surface area contributed by atoms with Gasteiger partial charge in [0, 0.05) is 15.6 Å². The number of aromatic hydroxyl groups is 1. The number of hydrogen-bond donors (Lipinski definition) is 2. The maximum Gasteiger partial charge on any atom is 0.230 e. The number of anilines is 1. The highest BCUT2D eigenvalue weighted by Crippen LogP contribution is 2.29. The van der Waals surface area contributed by atoms with Gasteiger partial charge < -0.3 is 10.4 Å². The molecule has 0 fully saturated rings. The monoisotopic (exact) mass is 477 g/mol. The fraction of sp³-hybridized carbons (Fsp3) is 0.0417. The molecule has 0 atom stereocenters. The zero-order chi connectivity index (χ0) is 21.8. The van der Waals surface area contributed by atoms with Gasteiger partial charge in [0.05, 0.1) is 18.3 Å². The number of halogens is 2. The summed E-state index contributed by atoms with van der Waals surface area (Å²) in [4.78, 5) is 21.7. The van der Waals surface area contributed by atoms with Crippen LogP contribution in [0.4, 0.5) is 10.2 Å². The minimum Gasteiger partial charge on any atom is -0.508 e. The summed E-state index contributed by atoms with van der Waals surface area (Å²) < 4.78 is 14.2. The van der Waals surface area contributed by atoms with Crippen LogP contribution >= 0.6 is 15.9 Å². The van der Waals surface area contributed by atoms with E-state index in [2.05, 4.69) is 31.2 Å². The molecule has 0 bridgehead atoms. The third kappa shape index (κ3) is 5.13. The topological polar surface area (TPSA) is 75.1 Å². The molecule has 5 nitrogen and oxygen atoms in total. The lowest BCUT2D eigenvalue weighted by atomic mass is 10.1. The number of aromatic nitrogens is 2. The van der Waals surface area contributed by atoms with Crippen LogP contribution < -0.4 is 5.32 Å². The third-order valence-corrected chi connectivity index (χ3v) is 5.12. The fourth-order valence-corrected chi connectivity index (χ4v) is 3.29. The van der Waals surface area contributed by atoms with Gasteiger partial charge in [-0.05, 0) is 66.2 Å². The Hall–Kier alpha value is -3.58. The van der Waals surface area contributed by atoms with Gasteiger partial charge in [-0.15, -0.1) is 0 Å². The summed E-state index contributed by atoms with van der Waals surface area (Å²) in [7, 11) is 0. The third-order valence-electron chi connectivity index (χ3n) is 4.59. The zero-order valence-corrected chi connectivity index (χ0v) is 17.8. The van der Waals surface area contributed by atoms with Crippen molar-refractivity contribution >= 4 is 27.7 Å². The van der Waals surface area contributed by atoms with Crippen molar-refractivity contribution in [2.45, 2.75) is 6.42 Å². The van der Waals surface area contributed by atoms with Gasteiger partial charge in [-0.2, -0.15) is 0 Å². The van der Waals surface area contributed by atoms with E-state index < -0.39 is 0 Å². The normalized spacial score (nSPS) is 10.6. The van der Waals surface area contributed by atoms with Crippen LogP contribution in [0.3, 0.4) is 0 Å². The number of carbonyl (C=O) groups excluding carboxylic acids is 1. The first-order valence-corrected chi connectivity index (χ1v) is 10.2. The number of amides is 1. The van der Waals surface area contributed by atoms with Gasteiger partial charge in [0.1, 0.15) is 17.3 Å². The standard InChI is InChI=1S/C24H17BrFN3O2/c25-18-7-1-15(2-8-18)13-22(31)29-24-23(17-5-11-20(30)12-6-17)28-21(14-27-24)16-3-9-19(26)10-4-16/h1-12,14,30H,13H2,(H,27,29,31). The van der Waals surface area contributed by atoms with Crippen LogP contribution in [0.1, 0.15) is 5.56 Å². The number of hydrogen-bond acceptors (Lipinski definition) is 4. The van der Waals surface area contributed by atoms with E-state index in [4.69, 9.17) is 0 Å². The summed E-state index contributed by atoms with van der Waals surface area (Å²) in [6, 6.07) is 19.9. The molecule has 4 aromatic rings. The SMILES string of the molecule is O=C(Cc1ccc(Br)cc1)Nc1ncc(-c2ccc(F)cc2)nc1-c1ccc(O)cc1. The maximum absolute atomic E-state index is 13.3. The first-order valence-electron chi connectivity index (χ1n) is 9.44. The van der Waals surface area contributed by atoms with Crippen molar-refractivity contribution in [3.63, 3.8) is 0 Å². The molecule has 0 aliphatic carbocycles. The molecule has 1 amide bonds. The Morgan fingerprint density at radius 1 is 0.935 bits per heavy atom. The Kier molecular flexibility index (Phi) is 6.04. The molecule has 0 saturated heterocycles. The second-order valence-corrected chi connectivity index (χ2v) is 7.77. The van der Waals surface area contributed by atoms with E-state index in [1.807, 2.05) is 24.3 Å². The van der Waals surface area contributed by atoms with Crippen molar-refractivity contribution in [2.75, 3.05) is 5.32 Å². The number of carbonyl (C=O) groups is 1. The molecular formula is C24H17BrFN3O2. The average molecular weight is 478 g/mol. The molecular weight excluding hydrogens is 461 g/mol. The van der Waals surface area contributed by atoms with E-state index in [1.54, 1.807) is 24.3 Å². The van der Waals surface area contributed by atoms with Crippen LogP contribution in [0, 0.1) is 5.82 Å². The minimum absolute atomic E-state index is 0.118. The molecule has 154 valence electrons. The van der Waals surface area contributed by atoms with Crippen molar-refractivity contribution in [2.24, 2.45) is 0 Å². The quantitative estimate of drug-likeness (QED) is 0.392. The van der Waals surface area contributed by atoms with Crippen LogP contribution in [0.15, 0.2) is 83.5 Å². The van der Waals surface area contributed by atoms with E-state index >= 15 is 0 Å². The van der Waals surface area contributed by atoms with E-state index in [0.717, 1.165) is 10.0 Å². The Morgan fingerprint density at radius 3 is 2.26 bits per heavy atom. The largest absolute Gasteiger partial charge is 0.508 e. The van der Waals surface area contributed by atoms with Gasteiger partial charge in [-0.25, -0.2) is 14.4 Å². The highest BCUT2D eigenvalue weighted by atomic mass is 79.9. The molecule has 0 aliphatic rings. The van der Waals surface area contributed by atoms with E-state index in [-0.39, 0.29) is 23.9 Å². The lowest BCUT2D eigenvalue weighted by Crippen LogP contribution is -2.16. The van der Waals surface area contributed by atoms with Crippen LogP contribution in [-0.4, -0.2) is 21.0 Å². The molecule has 0 unspecified atom stereocenters. The molecule has 7 heteroatoms. The summed E-state index contributed by atoms with van der Waals surface area (Å²) in [6.07, 6.45) is 1.72. The molecule has 3 aromatic carbocycles. The molecule has 0 aliphatic heterocycles. The molecule has 31 heavy (non-hydrogen) atoms. The summed E-state index contributed by atoms with van der Waals surface area (Å²) in [6.45, 7) is 0. The lowest BCUT2D eigenvalue weighted by molar-refractivity contribution is -0.115. The van der Waals surface area contributed by atoms with E-state index in [9.17, 15) is 14.3 Å². The zero-order valence-electron chi connectivity index (χ0n) is 16.2. The minimum atomic E-state index is -0.340. The Labute approximate surface area is 186 Å². The Balaban J connectivity index is 1.67. The van der Waals surface area contributed by atoms with Gasteiger partial charge in [0.2, 0.25) is 5.91 Å². The maximum atomic E-state index is 13.3. The van der Waals surface area contributed by atoms with Gasteiger partial charge >= 0.3 is 0 Å². The first kappa shape index (κ1) is 20.7. The summed E-state index contributed by atoms with van der Waals surface area (Å²) in [5.41, 5.74) is 3.22. The summed E-state index contributed by atoms with van der Waals surface area (Å²) in [5, 5.41) is 12.4. The van der Waals surface area contributed by atoms with E-state index in [0.29, 0.717) is 28.3 Å². The molecule has 0 radical (unpaired) electrons. The number of nitrogens with zero attached hydrogens (tertiary/aromatic N) is 2. The number of phenols is 1. The predicted octanol–water partition coefficient (Wildman–Crippen LogP) is 5.60. The van der Waals surface area contributed by atoms with Gasteiger partial charge in [0.15, 0.2) is 5.82 Å².